The normalized spacial score (nSPS) is 16.6. The molecule has 0 aliphatic heterocycles. The maximum Gasteiger partial charge on any atom is 0.185 e. The number of carbonyl (C=O) groups excluding carboxylic acids is 2. The van der Waals surface area contributed by atoms with E-state index in [4.69, 9.17) is 0 Å². The van der Waals surface area contributed by atoms with Crippen molar-refractivity contribution in [1.82, 2.24) is 0 Å². The molecule has 0 spiro atoms. The Balaban J connectivity index is 1.82. The number of carbonyl (C=O) groups is 2. The number of anilines is 2. The smallest absolute Gasteiger partial charge is 0.185 e. The first-order valence-corrected chi connectivity index (χ1v) is 11.7. The van der Waals surface area contributed by atoms with Gasteiger partial charge in [-0.1, -0.05) is 24.3 Å². The van der Waals surface area contributed by atoms with Crippen molar-refractivity contribution >= 4 is 35.1 Å². The van der Waals surface area contributed by atoms with Crippen LogP contribution in [0.4, 0.5) is 11.4 Å². The minimum Gasteiger partial charge on any atom is -0.372 e. The molecule has 32 heavy (non-hydrogen) atoms. The lowest BCUT2D eigenvalue weighted by Gasteiger charge is -2.21. The zero-order chi connectivity index (χ0) is 23.1. The van der Waals surface area contributed by atoms with E-state index in [1.165, 1.54) is 0 Å². The molecule has 1 saturated carbocycles. The summed E-state index contributed by atoms with van der Waals surface area (Å²) in [6.45, 7) is 12.4. The average molecular weight is 431 g/mol. The summed E-state index contributed by atoms with van der Waals surface area (Å²) in [5.41, 5.74) is 5.36. The van der Waals surface area contributed by atoms with Crippen LogP contribution in [0.15, 0.2) is 59.7 Å². The minimum atomic E-state index is -0.0229. The molecule has 0 N–H and O–H groups in total. The van der Waals surface area contributed by atoms with Gasteiger partial charge in [-0.15, -0.1) is 0 Å². The topological polar surface area (TPSA) is 40.6 Å². The van der Waals surface area contributed by atoms with E-state index in [0.717, 1.165) is 48.7 Å². The van der Waals surface area contributed by atoms with Gasteiger partial charge in [0.1, 0.15) is 5.78 Å². The minimum absolute atomic E-state index is 0.0229. The number of allylic oxidation sites excluding steroid dienone is 2. The summed E-state index contributed by atoms with van der Waals surface area (Å²) in [6, 6.07) is 16.4. The van der Waals surface area contributed by atoms with Crippen molar-refractivity contribution in [3.63, 3.8) is 0 Å². The molecular formula is C28H34N2O2. The lowest BCUT2D eigenvalue weighted by Crippen LogP contribution is -2.21. The van der Waals surface area contributed by atoms with E-state index in [1.807, 2.05) is 36.4 Å². The van der Waals surface area contributed by atoms with Crippen molar-refractivity contribution in [3.05, 3.63) is 70.8 Å². The Morgan fingerprint density at radius 1 is 0.625 bits per heavy atom. The standard InChI is InChI=1S/C28H34N2O2/c1-5-29(6-2)25-13-9-21(10-14-25)17-23-19-27(31)20-24(28(23)32)18-22-11-15-26(16-12-22)30(7-3)8-4/h9-18H,5-8,19-20H2,1-4H3. The molecule has 0 amide bonds. The van der Waals surface area contributed by atoms with Gasteiger partial charge in [0.05, 0.1) is 0 Å². The van der Waals surface area contributed by atoms with E-state index in [0.29, 0.717) is 11.1 Å². The van der Waals surface area contributed by atoms with Crippen LogP contribution < -0.4 is 9.80 Å². The summed E-state index contributed by atoms with van der Waals surface area (Å²) in [5, 5.41) is 0. The fourth-order valence-corrected chi connectivity index (χ4v) is 4.23. The van der Waals surface area contributed by atoms with E-state index >= 15 is 0 Å². The largest absolute Gasteiger partial charge is 0.372 e. The predicted octanol–water partition coefficient (Wildman–Crippen LogP) is 5.78. The highest BCUT2D eigenvalue weighted by Crippen LogP contribution is 2.27. The van der Waals surface area contributed by atoms with Crippen molar-refractivity contribution < 1.29 is 9.59 Å². The molecule has 2 aromatic rings. The van der Waals surface area contributed by atoms with Gasteiger partial charge in [0.25, 0.3) is 0 Å². The number of benzene rings is 2. The summed E-state index contributed by atoms with van der Waals surface area (Å²) in [6.07, 6.45) is 4.13. The predicted molar refractivity (Wildman–Crippen MR) is 135 cm³/mol. The van der Waals surface area contributed by atoms with Gasteiger partial charge >= 0.3 is 0 Å². The number of nitrogens with zero attached hydrogens (tertiary/aromatic N) is 2. The van der Waals surface area contributed by atoms with Crippen LogP contribution in [-0.2, 0) is 9.59 Å². The van der Waals surface area contributed by atoms with Crippen LogP contribution in [0.5, 0.6) is 0 Å². The molecule has 0 radical (unpaired) electrons. The quantitative estimate of drug-likeness (QED) is 0.498. The van der Waals surface area contributed by atoms with Gasteiger partial charge in [0, 0.05) is 61.5 Å². The summed E-state index contributed by atoms with van der Waals surface area (Å²) in [7, 11) is 0. The highest BCUT2D eigenvalue weighted by atomic mass is 16.1. The number of Topliss-reactive ketones (excluding diaryl/α,β-unsaturated/α-hetero) is 2. The number of ketones is 2. The monoisotopic (exact) mass is 430 g/mol. The third-order valence-corrected chi connectivity index (χ3v) is 6.08. The lowest BCUT2D eigenvalue weighted by atomic mass is 9.86. The first-order chi connectivity index (χ1) is 15.5. The molecule has 1 aliphatic rings. The molecule has 2 aromatic carbocycles. The van der Waals surface area contributed by atoms with E-state index in [1.54, 1.807) is 0 Å². The second kappa shape index (κ2) is 10.9. The summed E-state index contributed by atoms with van der Waals surface area (Å²) in [5.74, 6) is 0.0619. The first-order valence-electron chi connectivity index (χ1n) is 11.7. The third-order valence-electron chi connectivity index (χ3n) is 6.08. The highest BCUT2D eigenvalue weighted by molar-refractivity contribution is 6.20. The molecular weight excluding hydrogens is 396 g/mol. The Bertz CT molecular complexity index is 913. The van der Waals surface area contributed by atoms with Crippen molar-refractivity contribution in [2.45, 2.75) is 40.5 Å². The molecule has 0 atom stereocenters. The molecule has 0 bridgehead atoms. The van der Waals surface area contributed by atoms with Gasteiger partial charge in [-0.3, -0.25) is 9.59 Å². The molecule has 0 aromatic heterocycles. The summed E-state index contributed by atoms with van der Waals surface area (Å²) >= 11 is 0. The van der Waals surface area contributed by atoms with Gasteiger partial charge in [0.2, 0.25) is 0 Å². The molecule has 0 saturated heterocycles. The Labute approximate surface area is 192 Å². The first kappa shape index (κ1) is 23.5. The van der Waals surface area contributed by atoms with Crippen molar-refractivity contribution in [2.24, 2.45) is 0 Å². The Hall–Kier alpha value is -3.14. The van der Waals surface area contributed by atoms with Crippen molar-refractivity contribution in [1.29, 1.82) is 0 Å². The van der Waals surface area contributed by atoms with Crippen LogP contribution in [0.25, 0.3) is 12.2 Å². The van der Waals surface area contributed by atoms with Crippen LogP contribution in [0.2, 0.25) is 0 Å². The zero-order valence-electron chi connectivity index (χ0n) is 19.7. The van der Waals surface area contributed by atoms with Gasteiger partial charge in [-0.2, -0.15) is 0 Å². The van der Waals surface area contributed by atoms with Crippen molar-refractivity contribution in [2.75, 3.05) is 36.0 Å². The maximum absolute atomic E-state index is 13.1. The van der Waals surface area contributed by atoms with Crippen molar-refractivity contribution in [3.8, 4) is 0 Å². The second-order valence-corrected chi connectivity index (χ2v) is 8.09. The fourth-order valence-electron chi connectivity index (χ4n) is 4.23. The molecule has 168 valence electrons. The van der Waals surface area contributed by atoms with Gasteiger partial charge in [0.15, 0.2) is 5.78 Å². The van der Waals surface area contributed by atoms with E-state index < -0.39 is 0 Å². The van der Waals surface area contributed by atoms with Crippen LogP contribution in [0, 0.1) is 0 Å². The SMILES string of the molecule is CCN(CC)c1ccc(C=C2CC(=O)CC(=Cc3ccc(N(CC)CC)cc3)C2=O)cc1. The van der Waals surface area contributed by atoms with E-state index in [-0.39, 0.29) is 24.4 Å². The van der Waals surface area contributed by atoms with Crippen LogP contribution in [0.1, 0.15) is 51.7 Å². The molecule has 4 heteroatoms. The molecule has 1 fully saturated rings. The van der Waals surface area contributed by atoms with Crippen LogP contribution in [-0.4, -0.2) is 37.7 Å². The summed E-state index contributed by atoms with van der Waals surface area (Å²) < 4.78 is 0. The highest BCUT2D eigenvalue weighted by Gasteiger charge is 2.26. The zero-order valence-corrected chi connectivity index (χ0v) is 19.7. The molecule has 4 nitrogen and oxygen atoms in total. The fraction of sp³-hybridized carbons (Fsp3) is 0.357. The Morgan fingerprint density at radius 2 is 0.969 bits per heavy atom. The van der Waals surface area contributed by atoms with Crippen LogP contribution in [0.3, 0.4) is 0 Å². The maximum atomic E-state index is 13.1. The van der Waals surface area contributed by atoms with Crippen LogP contribution >= 0.6 is 0 Å². The number of hydrogen-bond donors (Lipinski definition) is 0. The average Bonchev–Trinajstić information content (AvgIpc) is 2.80. The van der Waals surface area contributed by atoms with E-state index in [2.05, 4.69) is 61.8 Å². The molecule has 0 heterocycles. The lowest BCUT2D eigenvalue weighted by molar-refractivity contribution is -0.122. The second-order valence-electron chi connectivity index (χ2n) is 8.09. The molecule has 1 aliphatic carbocycles. The number of rotatable bonds is 8. The Kier molecular flexibility index (Phi) is 8.04. The Morgan fingerprint density at radius 3 is 1.28 bits per heavy atom. The van der Waals surface area contributed by atoms with Gasteiger partial charge in [-0.05, 0) is 75.2 Å². The number of hydrogen-bond acceptors (Lipinski definition) is 4. The van der Waals surface area contributed by atoms with Gasteiger partial charge in [-0.25, -0.2) is 0 Å². The third kappa shape index (κ3) is 5.56. The molecule has 3 rings (SSSR count). The summed E-state index contributed by atoms with van der Waals surface area (Å²) in [4.78, 5) is 30.1. The molecule has 0 unspecified atom stereocenters. The van der Waals surface area contributed by atoms with Gasteiger partial charge < -0.3 is 9.80 Å². The van der Waals surface area contributed by atoms with E-state index in [9.17, 15) is 9.59 Å².